The predicted octanol–water partition coefficient (Wildman–Crippen LogP) is 2.64. The molecular formula is C16H26N2O. The first-order valence-corrected chi connectivity index (χ1v) is 7.33. The van der Waals surface area contributed by atoms with E-state index in [1.165, 1.54) is 29.5 Å². The van der Waals surface area contributed by atoms with Crippen LogP contribution in [0.3, 0.4) is 0 Å². The van der Waals surface area contributed by atoms with Gasteiger partial charge in [-0.2, -0.15) is 0 Å². The van der Waals surface area contributed by atoms with Crippen LogP contribution in [0.5, 0.6) is 0 Å². The second kappa shape index (κ2) is 7.04. The Bertz CT molecular complexity index is 400. The molecule has 1 aromatic rings. The number of benzene rings is 1. The van der Waals surface area contributed by atoms with Crippen LogP contribution in [0.4, 0.5) is 0 Å². The van der Waals surface area contributed by atoms with Gasteiger partial charge in [0, 0.05) is 12.6 Å². The Hall–Kier alpha value is -0.900. The highest BCUT2D eigenvalue weighted by Crippen LogP contribution is 2.19. The van der Waals surface area contributed by atoms with E-state index < -0.39 is 0 Å². The summed E-state index contributed by atoms with van der Waals surface area (Å²) in [6.07, 6.45) is 6.05. The Kier molecular flexibility index (Phi) is 5.37. The average molecular weight is 262 g/mol. The minimum absolute atomic E-state index is 0.339. The summed E-state index contributed by atoms with van der Waals surface area (Å²) in [6, 6.07) is 7.01. The number of hydrogen-bond acceptors (Lipinski definition) is 3. The molecule has 0 aliphatic carbocycles. The van der Waals surface area contributed by atoms with Crippen molar-refractivity contribution in [3.05, 3.63) is 34.9 Å². The zero-order chi connectivity index (χ0) is 13.7. The van der Waals surface area contributed by atoms with Crippen LogP contribution in [0.15, 0.2) is 18.2 Å². The van der Waals surface area contributed by atoms with Crippen molar-refractivity contribution in [3.8, 4) is 0 Å². The fourth-order valence-electron chi connectivity index (χ4n) is 2.72. The third kappa shape index (κ3) is 4.30. The number of nitrogens with two attached hydrogens (primary N) is 1. The Morgan fingerprint density at radius 3 is 2.84 bits per heavy atom. The molecule has 2 unspecified atom stereocenters. The Morgan fingerprint density at radius 1 is 1.37 bits per heavy atom. The summed E-state index contributed by atoms with van der Waals surface area (Å²) in [5.41, 5.74) is 7.01. The molecule has 1 aromatic carbocycles. The van der Waals surface area contributed by atoms with Gasteiger partial charge in [-0.3, -0.25) is 11.3 Å². The lowest BCUT2D eigenvalue weighted by molar-refractivity contribution is 0.0996. The van der Waals surface area contributed by atoms with Crippen LogP contribution in [-0.2, 0) is 11.2 Å². The van der Waals surface area contributed by atoms with E-state index in [-0.39, 0.29) is 0 Å². The summed E-state index contributed by atoms with van der Waals surface area (Å²) >= 11 is 0. The molecule has 3 heteroatoms. The summed E-state index contributed by atoms with van der Waals surface area (Å²) in [6.45, 7) is 5.24. The van der Waals surface area contributed by atoms with Gasteiger partial charge < -0.3 is 4.74 Å². The Labute approximate surface area is 116 Å². The van der Waals surface area contributed by atoms with Crippen molar-refractivity contribution in [1.29, 1.82) is 0 Å². The molecule has 19 heavy (non-hydrogen) atoms. The number of ether oxygens (including phenoxy) is 1. The van der Waals surface area contributed by atoms with Crippen molar-refractivity contribution in [1.82, 2.24) is 5.43 Å². The number of hydrazine groups is 1. The van der Waals surface area contributed by atoms with Crippen molar-refractivity contribution < 1.29 is 4.74 Å². The second-order valence-electron chi connectivity index (χ2n) is 5.70. The number of hydrogen-bond donors (Lipinski definition) is 2. The molecule has 1 aliphatic heterocycles. The molecule has 0 spiro atoms. The van der Waals surface area contributed by atoms with Gasteiger partial charge in [0.15, 0.2) is 0 Å². The lowest BCUT2D eigenvalue weighted by Crippen LogP contribution is -2.37. The van der Waals surface area contributed by atoms with Crippen molar-refractivity contribution in [3.63, 3.8) is 0 Å². The number of rotatable bonds is 6. The quantitative estimate of drug-likeness (QED) is 0.612. The zero-order valence-corrected chi connectivity index (χ0v) is 12.1. The highest BCUT2D eigenvalue weighted by atomic mass is 16.5. The minimum Gasteiger partial charge on any atom is -0.378 e. The van der Waals surface area contributed by atoms with Crippen LogP contribution in [0.1, 0.15) is 42.4 Å². The maximum absolute atomic E-state index is 5.68. The summed E-state index contributed by atoms with van der Waals surface area (Å²) in [7, 11) is 0. The normalized spacial score (nSPS) is 20.7. The van der Waals surface area contributed by atoms with Gasteiger partial charge in [-0.05, 0) is 62.6 Å². The average Bonchev–Trinajstić information content (AvgIpc) is 2.92. The van der Waals surface area contributed by atoms with Gasteiger partial charge in [0.2, 0.25) is 0 Å². The van der Waals surface area contributed by atoms with Gasteiger partial charge in [-0.1, -0.05) is 18.2 Å². The van der Waals surface area contributed by atoms with Gasteiger partial charge in [0.1, 0.15) is 0 Å². The van der Waals surface area contributed by atoms with Crippen molar-refractivity contribution in [2.75, 3.05) is 6.61 Å². The number of aryl methyl sites for hydroxylation is 2. The molecule has 1 saturated heterocycles. The lowest BCUT2D eigenvalue weighted by Gasteiger charge is -2.18. The molecule has 0 saturated carbocycles. The molecular weight excluding hydrogens is 236 g/mol. The molecule has 3 N–H and O–H groups in total. The van der Waals surface area contributed by atoms with Gasteiger partial charge in [-0.25, -0.2) is 0 Å². The van der Waals surface area contributed by atoms with Gasteiger partial charge in [0.25, 0.3) is 0 Å². The summed E-state index contributed by atoms with van der Waals surface area (Å²) in [5.74, 6) is 5.68. The maximum atomic E-state index is 5.68. The monoisotopic (exact) mass is 262 g/mol. The topological polar surface area (TPSA) is 47.3 Å². The first-order chi connectivity index (χ1) is 9.19. The van der Waals surface area contributed by atoms with E-state index in [4.69, 9.17) is 10.6 Å². The van der Waals surface area contributed by atoms with Crippen molar-refractivity contribution in [2.24, 2.45) is 5.84 Å². The van der Waals surface area contributed by atoms with Crippen LogP contribution in [0.25, 0.3) is 0 Å². The van der Waals surface area contributed by atoms with E-state index in [2.05, 4.69) is 37.5 Å². The molecule has 0 bridgehead atoms. The van der Waals surface area contributed by atoms with E-state index in [0.717, 1.165) is 25.9 Å². The highest BCUT2D eigenvalue weighted by Gasteiger charge is 2.17. The molecule has 2 atom stereocenters. The van der Waals surface area contributed by atoms with E-state index in [1.54, 1.807) is 0 Å². The van der Waals surface area contributed by atoms with E-state index >= 15 is 0 Å². The lowest BCUT2D eigenvalue weighted by atomic mass is 9.97. The van der Waals surface area contributed by atoms with Crippen LogP contribution >= 0.6 is 0 Å². The van der Waals surface area contributed by atoms with Crippen LogP contribution in [-0.4, -0.2) is 18.8 Å². The maximum Gasteiger partial charge on any atom is 0.0576 e. The van der Waals surface area contributed by atoms with Crippen LogP contribution < -0.4 is 11.3 Å². The predicted molar refractivity (Wildman–Crippen MR) is 78.9 cm³/mol. The minimum atomic E-state index is 0.339. The van der Waals surface area contributed by atoms with Gasteiger partial charge in [-0.15, -0.1) is 0 Å². The molecule has 0 radical (unpaired) electrons. The standard InChI is InChI=1S/C16H26N2O/c1-12-5-6-14(10-13(12)2)11-15(18-17)7-8-16-4-3-9-19-16/h5-6,10,15-16,18H,3-4,7-9,11,17H2,1-2H3. The van der Waals surface area contributed by atoms with Crippen molar-refractivity contribution in [2.45, 2.75) is 58.1 Å². The van der Waals surface area contributed by atoms with Gasteiger partial charge >= 0.3 is 0 Å². The molecule has 106 valence electrons. The Balaban J connectivity index is 1.85. The summed E-state index contributed by atoms with van der Waals surface area (Å²) in [5, 5.41) is 0. The summed E-state index contributed by atoms with van der Waals surface area (Å²) < 4.78 is 5.66. The Morgan fingerprint density at radius 2 is 2.21 bits per heavy atom. The third-order valence-corrected chi connectivity index (χ3v) is 4.15. The molecule has 0 aromatic heterocycles. The van der Waals surface area contributed by atoms with E-state index in [9.17, 15) is 0 Å². The van der Waals surface area contributed by atoms with E-state index in [1.807, 2.05) is 0 Å². The summed E-state index contributed by atoms with van der Waals surface area (Å²) in [4.78, 5) is 0. The molecule has 1 heterocycles. The first kappa shape index (κ1) is 14.5. The molecule has 3 nitrogen and oxygen atoms in total. The fourth-order valence-corrected chi connectivity index (χ4v) is 2.72. The third-order valence-electron chi connectivity index (χ3n) is 4.15. The molecule has 1 aliphatic rings. The molecule has 0 amide bonds. The molecule has 1 fully saturated rings. The van der Waals surface area contributed by atoms with Crippen molar-refractivity contribution >= 4 is 0 Å². The largest absolute Gasteiger partial charge is 0.378 e. The van der Waals surface area contributed by atoms with Crippen LogP contribution in [0.2, 0.25) is 0 Å². The second-order valence-corrected chi connectivity index (χ2v) is 5.70. The first-order valence-electron chi connectivity index (χ1n) is 7.33. The SMILES string of the molecule is Cc1ccc(CC(CCC2CCCO2)NN)cc1C. The molecule has 2 rings (SSSR count). The fraction of sp³-hybridized carbons (Fsp3) is 0.625. The van der Waals surface area contributed by atoms with Gasteiger partial charge in [0.05, 0.1) is 6.10 Å². The van der Waals surface area contributed by atoms with E-state index in [0.29, 0.717) is 12.1 Å². The smallest absolute Gasteiger partial charge is 0.0576 e. The zero-order valence-electron chi connectivity index (χ0n) is 12.1. The van der Waals surface area contributed by atoms with Crippen LogP contribution in [0, 0.1) is 13.8 Å². The number of nitrogens with one attached hydrogen (secondary N) is 1. The highest BCUT2D eigenvalue weighted by molar-refractivity contribution is 5.30.